The van der Waals surface area contributed by atoms with Crippen LogP contribution in [-0.2, 0) is 17.9 Å². The molecule has 2 heterocycles. The number of rotatable bonds is 7. The molecule has 6 heteroatoms. The second kappa shape index (κ2) is 7.47. The van der Waals surface area contributed by atoms with Crippen molar-refractivity contribution in [3.63, 3.8) is 0 Å². The Kier molecular flexibility index (Phi) is 5.64. The van der Waals surface area contributed by atoms with Crippen LogP contribution in [0.5, 0.6) is 0 Å². The summed E-state index contributed by atoms with van der Waals surface area (Å²) in [5, 5.41) is 2.84. The molecule has 0 aliphatic carbocycles. The van der Waals surface area contributed by atoms with Crippen molar-refractivity contribution in [2.24, 2.45) is 0 Å². The third-order valence-corrected chi connectivity index (χ3v) is 4.08. The number of nitrogens with zero attached hydrogens (tertiary/aromatic N) is 1. The minimum absolute atomic E-state index is 0.00842. The van der Waals surface area contributed by atoms with Gasteiger partial charge in [0.25, 0.3) is 0 Å². The number of carbonyl (C=O) groups is 1. The van der Waals surface area contributed by atoms with E-state index in [1.54, 1.807) is 23.7 Å². The number of hydrogen-bond donors (Lipinski definition) is 1. The normalized spacial score (nSPS) is 10.9. The molecule has 0 saturated heterocycles. The maximum Gasteiger partial charge on any atom is 0.234 e. The van der Waals surface area contributed by atoms with Crippen molar-refractivity contribution in [1.29, 1.82) is 0 Å². The van der Waals surface area contributed by atoms with Gasteiger partial charge in [0, 0.05) is 11.4 Å². The van der Waals surface area contributed by atoms with Crippen molar-refractivity contribution in [1.82, 2.24) is 10.2 Å². The van der Waals surface area contributed by atoms with E-state index in [0.717, 1.165) is 28.1 Å². The van der Waals surface area contributed by atoms with Gasteiger partial charge in [-0.2, -0.15) is 0 Å². The predicted octanol–water partition coefficient (Wildman–Crippen LogP) is 3.13. The highest BCUT2D eigenvalue weighted by Crippen LogP contribution is 2.22. The van der Waals surface area contributed by atoms with Crippen LogP contribution in [0.3, 0.4) is 0 Å². The number of furan rings is 1. The summed E-state index contributed by atoms with van der Waals surface area (Å²) >= 11 is 7.46. The Morgan fingerprint density at radius 3 is 2.90 bits per heavy atom. The first kappa shape index (κ1) is 15.1. The van der Waals surface area contributed by atoms with Crippen LogP contribution in [0.1, 0.15) is 17.6 Å². The zero-order valence-corrected chi connectivity index (χ0v) is 12.8. The molecule has 0 atom stereocenters. The summed E-state index contributed by atoms with van der Waals surface area (Å²) in [6.45, 7) is 4.38. The Hall–Kier alpha value is -1.30. The van der Waals surface area contributed by atoms with E-state index in [0.29, 0.717) is 13.1 Å². The highest BCUT2D eigenvalue weighted by molar-refractivity contribution is 7.16. The fourth-order valence-electron chi connectivity index (χ4n) is 1.79. The van der Waals surface area contributed by atoms with E-state index in [-0.39, 0.29) is 5.91 Å². The maximum absolute atomic E-state index is 11.9. The van der Waals surface area contributed by atoms with Gasteiger partial charge in [0.2, 0.25) is 5.91 Å². The number of thiophene rings is 1. The average Bonchev–Trinajstić information content (AvgIpc) is 3.07. The van der Waals surface area contributed by atoms with Crippen LogP contribution >= 0.6 is 22.9 Å². The second-order valence-electron chi connectivity index (χ2n) is 4.37. The molecule has 0 fully saturated rings. The summed E-state index contributed by atoms with van der Waals surface area (Å²) in [5.74, 6) is 0.748. The molecule has 1 amide bonds. The Labute approximate surface area is 127 Å². The van der Waals surface area contributed by atoms with Crippen LogP contribution in [0.4, 0.5) is 0 Å². The summed E-state index contributed by atoms with van der Waals surface area (Å²) in [5.41, 5.74) is 0. The maximum atomic E-state index is 11.9. The van der Waals surface area contributed by atoms with Gasteiger partial charge in [0.05, 0.1) is 23.7 Å². The van der Waals surface area contributed by atoms with Crippen LogP contribution in [-0.4, -0.2) is 23.9 Å². The fraction of sp³-hybridized carbons (Fsp3) is 0.357. The molecule has 0 aromatic carbocycles. The van der Waals surface area contributed by atoms with E-state index >= 15 is 0 Å². The molecule has 4 nitrogen and oxygen atoms in total. The van der Waals surface area contributed by atoms with Gasteiger partial charge in [0.15, 0.2) is 0 Å². The number of amides is 1. The lowest BCUT2D eigenvalue weighted by atomic mass is 10.3. The van der Waals surface area contributed by atoms with Crippen molar-refractivity contribution in [2.45, 2.75) is 20.0 Å². The first-order valence-electron chi connectivity index (χ1n) is 6.43. The standard InChI is InChI=1S/C14H17ClN2O2S/c1-2-17(9-12-5-6-13(15)20-12)10-14(18)16-8-11-4-3-7-19-11/h3-7H,2,8-10H2,1H3,(H,16,18). The molecule has 2 aromatic rings. The summed E-state index contributed by atoms with van der Waals surface area (Å²) < 4.78 is 5.95. The summed E-state index contributed by atoms with van der Waals surface area (Å²) in [4.78, 5) is 15.1. The summed E-state index contributed by atoms with van der Waals surface area (Å²) in [6.07, 6.45) is 1.60. The van der Waals surface area contributed by atoms with Crippen LogP contribution < -0.4 is 5.32 Å². The third-order valence-electron chi connectivity index (χ3n) is 2.86. The first-order chi connectivity index (χ1) is 9.67. The van der Waals surface area contributed by atoms with Gasteiger partial charge in [0.1, 0.15) is 5.76 Å². The number of nitrogens with one attached hydrogen (secondary N) is 1. The SMILES string of the molecule is CCN(CC(=O)NCc1ccco1)Cc1ccc(Cl)s1. The molecule has 0 unspecified atom stereocenters. The molecule has 0 radical (unpaired) electrons. The van der Waals surface area contributed by atoms with Gasteiger partial charge < -0.3 is 9.73 Å². The second-order valence-corrected chi connectivity index (χ2v) is 6.16. The average molecular weight is 313 g/mol. The van der Waals surface area contributed by atoms with Crippen molar-refractivity contribution in [2.75, 3.05) is 13.1 Å². The largest absolute Gasteiger partial charge is 0.467 e. The van der Waals surface area contributed by atoms with Crippen molar-refractivity contribution >= 4 is 28.8 Å². The predicted molar refractivity (Wildman–Crippen MR) is 80.8 cm³/mol. The molecule has 0 saturated carbocycles. The molecule has 108 valence electrons. The molecule has 1 N–H and O–H groups in total. The van der Waals surface area contributed by atoms with Gasteiger partial charge in [-0.15, -0.1) is 11.3 Å². The minimum atomic E-state index is -0.00842. The fourth-order valence-corrected chi connectivity index (χ4v) is 2.92. The first-order valence-corrected chi connectivity index (χ1v) is 7.62. The molecule has 0 aliphatic heterocycles. The lowest BCUT2D eigenvalue weighted by Crippen LogP contribution is -2.36. The molecule has 2 aromatic heterocycles. The summed E-state index contributed by atoms with van der Waals surface area (Å²) in [7, 11) is 0. The number of halogens is 1. The third kappa shape index (κ3) is 4.67. The van der Waals surface area contributed by atoms with E-state index < -0.39 is 0 Å². The van der Waals surface area contributed by atoms with Gasteiger partial charge >= 0.3 is 0 Å². The topological polar surface area (TPSA) is 45.5 Å². The van der Waals surface area contributed by atoms with Crippen molar-refractivity contribution in [3.05, 3.63) is 45.5 Å². The molecular weight excluding hydrogens is 296 g/mol. The smallest absolute Gasteiger partial charge is 0.234 e. The highest BCUT2D eigenvalue weighted by Gasteiger charge is 2.11. The van der Waals surface area contributed by atoms with E-state index in [4.69, 9.17) is 16.0 Å². The van der Waals surface area contributed by atoms with E-state index in [1.807, 2.05) is 25.1 Å². The van der Waals surface area contributed by atoms with Crippen LogP contribution in [0.2, 0.25) is 4.34 Å². The van der Waals surface area contributed by atoms with Gasteiger partial charge in [-0.1, -0.05) is 18.5 Å². The van der Waals surface area contributed by atoms with Crippen molar-refractivity contribution < 1.29 is 9.21 Å². The van der Waals surface area contributed by atoms with Crippen LogP contribution in [0, 0.1) is 0 Å². The molecule has 20 heavy (non-hydrogen) atoms. The van der Waals surface area contributed by atoms with E-state index in [2.05, 4.69) is 10.2 Å². The number of carbonyl (C=O) groups excluding carboxylic acids is 1. The number of hydrogen-bond acceptors (Lipinski definition) is 4. The van der Waals surface area contributed by atoms with E-state index in [9.17, 15) is 4.79 Å². The van der Waals surface area contributed by atoms with Gasteiger partial charge in [-0.3, -0.25) is 9.69 Å². The lowest BCUT2D eigenvalue weighted by Gasteiger charge is -2.18. The van der Waals surface area contributed by atoms with Gasteiger partial charge in [-0.25, -0.2) is 0 Å². The Balaban J connectivity index is 1.78. The van der Waals surface area contributed by atoms with Gasteiger partial charge in [-0.05, 0) is 30.8 Å². The molecular formula is C14H17ClN2O2S. The monoisotopic (exact) mass is 312 g/mol. The minimum Gasteiger partial charge on any atom is -0.467 e. The Bertz CT molecular complexity index is 539. The zero-order valence-electron chi connectivity index (χ0n) is 11.3. The quantitative estimate of drug-likeness (QED) is 0.854. The Morgan fingerprint density at radius 2 is 2.30 bits per heavy atom. The highest BCUT2D eigenvalue weighted by atomic mass is 35.5. The summed E-state index contributed by atoms with van der Waals surface area (Å²) in [6, 6.07) is 7.52. The molecule has 0 bridgehead atoms. The zero-order chi connectivity index (χ0) is 14.4. The van der Waals surface area contributed by atoms with E-state index in [1.165, 1.54) is 0 Å². The Morgan fingerprint density at radius 1 is 1.45 bits per heavy atom. The molecule has 0 aliphatic rings. The lowest BCUT2D eigenvalue weighted by molar-refractivity contribution is -0.122. The van der Waals surface area contributed by atoms with Crippen LogP contribution in [0.25, 0.3) is 0 Å². The van der Waals surface area contributed by atoms with Crippen molar-refractivity contribution in [3.8, 4) is 0 Å². The molecule has 0 spiro atoms. The number of likely N-dealkylation sites (N-methyl/N-ethyl adjacent to an activating group) is 1. The van der Waals surface area contributed by atoms with Crippen LogP contribution in [0.15, 0.2) is 34.9 Å². The molecule has 2 rings (SSSR count).